The van der Waals surface area contributed by atoms with Gasteiger partial charge in [0.25, 0.3) is 5.56 Å². The summed E-state index contributed by atoms with van der Waals surface area (Å²) in [5, 5.41) is 1.11. The third-order valence-electron chi connectivity index (χ3n) is 3.96. The Kier molecular flexibility index (Phi) is 5.36. The van der Waals surface area contributed by atoms with E-state index in [2.05, 4.69) is 9.97 Å². The van der Waals surface area contributed by atoms with E-state index in [1.165, 1.54) is 0 Å². The average Bonchev–Trinajstić information content (AvgIpc) is 2.56. The zero-order chi connectivity index (χ0) is 17.8. The van der Waals surface area contributed by atoms with Gasteiger partial charge in [0, 0.05) is 11.6 Å². The van der Waals surface area contributed by atoms with Crippen molar-refractivity contribution in [3.05, 3.63) is 69.2 Å². The van der Waals surface area contributed by atoms with Crippen LogP contribution in [-0.2, 0) is 6.54 Å². The summed E-state index contributed by atoms with van der Waals surface area (Å²) >= 11 is 5.99. The molecular formula is C19H20ClN3O2. The summed E-state index contributed by atoms with van der Waals surface area (Å²) in [4.78, 5) is 21.5. The molecule has 0 atom stereocenters. The molecule has 3 aromatic rings. The zero-order valence-electron chi connectivity index (χ0n) is 14.3. The third-order valence-corrected chi connectivity index (χ3v) is 4.20. The molecule has 0 amide bonds. The van der Waals surface area contributed by atoms with Crippen molar-refractivity contribution in [3.63, 3.8) is 0 Å². The van der Waals surface area contributed by atoms with Gasteiger partial charge in [-0.25, -0.2) is 4.98 Å². The van der Waals surface area contributed by atoms with Crippen molar-refractivity contribution in [1.82, 2.24) is 14.9 Å². The number of para-hydroxylation sites is 1. The van der Waals surface area contributed by atoms with Crippen molar-refractivity contribution in [2.45, 2.75) is 13.5 Å². The van der Waals surface area contributed by atoms with Gasteiger partial charge in [0.05, 0.1) is 17.4 Å². The van der Waals surface area contributed by atoms with Crippen LogP contribution in [0.3, 0.4) is 0 Å². The van der Waals surface area contributed by atoms with Crippen LogP contribution < -0.4 is 10.3 Å². The number of aromatic nitrogens is 2. The van der Waals surface area contributed by atoms with Crippen LogP contribution in [0, 0.1) is 6.92 Å². The van der Waals surface area contributed by atoms with Crippen molar-refractivity contribution in [2.24, 2.45) is 0 Å². The normalized spacial score (nSPS) is 11.2. The van der Waals surface area contributed by atoms with Gasteiger partial charge in [-0.05, 0) is 43.8 Å². The van der Waals surface area contributed by atoms with Gasteiger partial charge in [-0.2, -0.15) is 0 Å². The maximum atomic E-state index is 12.1. The molecule has 0 saturated heterocycles. The quantitative estimate of drug-likeness (QED) is 0.734. The minimum absolute atomic E-state index is 0.152. The maximum Gasteiger partial charge on any atom is 0.258 e. The molecule has 0 aliphatic carbocycles. The predicted molar refractivity (Wildman–Crippen MR) is 100 cm³/mol. The van der Waals surface area contributed by atoms with E-state index in [1.807, 2.05) is 43.1 Å². The average molecular weight is 358 g/mol. The molecule has 1 N–H and O–H groups in total. The van der Waals surface area contributed by atoms with E-state index in [1.54, 1.807) is 18.2 Å². The number of nitrogens with one attached hydrogen (secondary N) is 1. The lowest BCUT2D eigenvalue weighted by Crippen LogP contribution is -2.26. The number of nitrogens with zero attached hydrogens (tertiary/aromatic N) is 2. The number of benzene rings is 2. The Morgan fingerprint density at radius 1 is 1.24 bits per heavy atom. The molecule has 0 radical (unpaired) electrons. The second kappa shape index (κ2) is 7.68. The molecule has 130 valence electrons. The van der Waals surface area contributed by atoms with Crippen molar-refractivity contribution < 1.29 is 4.74 Å². The molecule has 2 aromatic carbocycles. The summed E-state index contributed by atoms with van der Waals surface area (Å²) in [6, 6.07) is 13.0. The number of rotatable bonds is 6. The van der Waals surface area contributed by atoms with Gasteiger partial charge >= 0.3 is 0 Å². The molecule has 0 spiro atoms. The number of hydrogen-bond acceptors (Lipinski definition) is 4. The summed E-state index contributed by atoms with van der Waals surface area (Å²) in [6.45, 7) is 3.82. The molecule has 6 heteroatoms. The van der Waals surface area contributed by atoms with Crippen molar-refractivity contribution in [3.8, 4) is 5.75 Å². The van der Waals surface area contributed by atoms with Crippen LogP contribution in [0.2, 0.25) is 5.02 Å². The second-order valence-corrected chi connectivity index (χ2v) is 6.46. The number of hydrogen-bond donors (Lipinski definition) is 1. The number of likely N-dealkylation sites (N-methyl/N-ethyl adjacent to an activating group) is 1. The number of H-pyrrole nitrogens is 1. The zero-order valence-corrected chi connectivity index (χ0v) is 15.0. The fourth-order valence-corrected chi connectivity index (χ4v) is 2.77. The number of fused-ring (bicyclic) bond motifs is 1. The fraction of sp³-hybridized carbons (Fsp3) is 0.263. The first-order valence-electron chi connectivity index (χ1n) is 8.08. The van der Waals surface area contributed by atoms with Crippen molar-refractivity contribution >= 4 is 22.5 Å². The first-order chi connectivity index (χ1) is 12.0. The molecule has 0 fully saturated rings. The van der Waals surface area contributed by atoms with Gasteiger partial charge in [0.2, 0.25) is 0 Å². The van der Waals surface area contributed by atoms with Gasteiger partial charge in [0.15, 0.2) is 0 Å². The number of ether oxygens (including phenoxy) is 1. The Morgan fingerprint density at radius 2 is 2.04 bits per heavy atom. The van der Waals surface area contributed by atoms with E-state index in [-0.39, 0.29) is 5.56 Å². The van der Waals surface area contributed by atoms with Crippen LogP contribution in [0.1, 0.15) is 11.4 Å². The minimum atomic E-state index is -0.152. The van der Waals surface area contributed by atoms with Crippen LogP contribution in [0.15, 0.2) is 47.3 Å². The van der Waals surface area contributed by atoms with Gasteiger partial charge in [-0.15, -0.1) is 0 Å². The largest absolute Gasteiger partial charge is 0.492 e. The minimum Gasteiger partial charge on any atom is -0.492 e. The summed E-state index contributed by atoms with van der Waals surface area (Å²) in [7, 11) is 1.96. The third kappa shape index (κ3) is 4.38. The van der Waals surface area contributed by atoms with E-state index >= 15 is 0 Å². The Labute approximate surface area is 151 Å². The number of aromatic amines is 1. The smallest absolute Gasteiger partial charge is 0.258 e. The van der Waals surface area contributed by atoms with Crippen LogP contribution >= 0.6 is 11.6 Å². The summed E-state index contributed by atoms with van der Waals surface area (Å²) in [5.41, 5.74) is 1.57. The monoisotopic (exact) mass is 357 g/mol. The molecule has 1 heterocycles. The van der Waals surface area contributed by atoms with Gasteiger partial charge in [-0.3, -0.25) is 9.69 Å². The van der Waals surface area contributed by atoms with E-state index in [0.29, 0.717) is 41.4 Å². The predicted octanol–water partition coefficient (Wildman–Crippen LogP) is 3.40. The van der Waals surface area contributed by atoms with Gasteiger partial charge in [0.1, 0.15) is 18.2 Å². The van der Waals surface area contributed by atoms with Crippen molar-refractivity contribution in [1.29, 1.82) is 0 Å². The summed E-state index contributed by atoms with van der Waals surface area (Å²) < 4.78 is 5.80. The van der Waals surface area contributed by atoms with E-state index in [9.17, 15) is 4.79 Å². The SMILES string of the molecule is Cc1ccccc1OCCN(C)Cc1nc2cc(Cl)ccc2c(=O)[nH]1. The maximum absolute atomic E-state index is 12.1. The highest BCUT2D eigenvalue weighted by atomic mass is 35.5. The number of aryl methyl sites for hydroxylation is 1. The molecule has 0 bridgehead atoms. The van der Waals surface area contributed by atoms with E-state index in [4.69, 9.17) is 16.3 Å². The second-order valence-electron chi connectivity index (χ2n) is 6.03. The first-order valence-corrected chi connectivity index (χ1v) is 8.46. The van der Waals surface area contributed by atoms with Gasteiger partial charge < -0.3 is 9.72 Å². The van der Waals surface area contributed by atoms with E-state index in [0.717, 1.165) is 11.3 Å². The topological polar surface area (TPSA) is 58.2 Å². The Morgan fingerprint density at radius 3 is 2.84 bits per heavy atom. The molecule has 0 aliphatic heterocycles. The molecule has 0 unspecified atom stereocenters. The molecule has 3 rings (SSSR count). The fourth-order valence-electron chi connectivity index (χ4n) is 2.60. The number of halogens is 1. The van der Waals surface area contributed by atoms with Crippen LogP contribution in [0.25, 0.3) is 10.9 Å². The Balaban J connectivity index is 1.63. The van der Waals surface area contributed by atoms with Crippen LogP contribution in [-0.4, -0.2) is 35.1 Å². The highest BCUT2D eigenvalue weighted by Gasteiger charge is 2.08. The Hall–Kier alpha value is -2.37. The lowest BCUT2D eigenvalue weighted by Gasteiger charge is -2.17. The molecule has 1 aromatic heterocycles. The molecular weight excluding hydrogens is 338 g/mol. The standard InChI is InChI=1S/C19H20ClN3O2/c1-13-5-3-4-6-17(13)25-10-9-23(2)12-18-21-16-11-14(20)7-8-15(16)19(24)22-18/h3-8,11H,9-10,12H2,1-2H3,(H,21,22,24). The molecule has 0 saturated carbocycles. The molecule has 0 aliphatic rings. The molecule has 5 nitrogen and oxygen atoms in total. The summed E-state index contributed by atoms with van der Waals surface area (Å²) in [5.74, 6) is 1.50. The lowest BCUT2D eigenvalue weighted by atomic mass is 10.2. The highest BCUT2D eigenvalue weighted by Crippen LogP contribution is 2.16. The first kappa shape index (κ1) is 17.5. The summed E-state index contributed by atoms with van der Waals surface area (Å²) in [6.07, 6.45) is 0. The highest BCUT2D eigenvalue weighted by molar-refractivity contribution is 6.31. The van der Waals surface area contributed by atoms with Crippen LogP contribution in [0.4, 0.5) is 0 Å². The Bertz CT molecular complexity index is 939. The van der Waals surface area contributed by atoms with Crippen molar-refractivity contribution in [2.75, 3.05) is 20.2 Å². The van der Waals surface area contributed by atoms with Crippen LogP contribution in [0.5, 0.6) is 5.75 Å². The van der Waals surface area contributed by atoms with E-state index < -0.39 is 0 Å². The van der Waals surface area contributed by atoms with Gasteiger partial charge in [-0.1, -0.05) is 29.8 Å². The molecule has 25 heavy (non-hydrogen) atoms. The lowest BCUT2D eigenvalue weighted by molar-refractivity contribution is 0.229.